The lowest BCUT2D eigenvalue weighted by Gasteiger charge is -2.21. The van der Waals surface area contributed by atoms with Gasteiger partial charge in [-0.3, -0.25) is 9.78 Å². The number of phenolic OH excluding ortho intramolecular Hbond substituents is 1. The Balaban J connectivity index is 2.45. The smallest absolute Gasteiger partial charge is 0.194 e. The Labute approximate surface area is 112 Å². The highest BCUT2D eigenvalue weighted by Gasteiger charge is 2.20. The molecule has 1 N–H and O–H groups in total. The van der Waals surface area contributed by atoms with Crippen molar-refractivity contribution in [2.75, 3.05) is 0 Å². The Morgan fingerprint density at radius 3 is 2.47 bits per heavy atom. The van der Waals surface area contributed by atoms with Crippen molar-refractivity contribution >= 4 is 5.78 Å². The van der Waals surface area contributed by atoms with E-state index in [4.69, 9.17) is 0 Å². The van der Waals surface area contributed by atoms with Crippen LogP contribution in [0.3, 0.4) is 0 Å². The molecule has 0 aliphatic carbocycles. The molecule has 1 aromatic carbocycles. The minimum Gasteiger partial charge on any atom is -0.508 e. The van der Waals surface area contributed by atoms with E-state index in [2.05, 4.69) is 4.98 Å². The Hall–Kier alpha value is -2.16. The lowest BCUT2D eigenvalue weighted by atomic mass is 9.84. The van der Waals surface area contributed by atoms with Crippen LogP contribution in [0.4, 0.5) is 0 Å². The lowest BCUT2D eigenvalue weighted by Crippen LogP contribution is -2.13. The van der Waals surface area contributed by atoms with Crippen LogP contribution >= 0.6 is 0 Å². The van der Waals surface area contributed by atoms with Crippen molar-refractivity contribution in [1.82, 2.24) is 4.98 Å². The van der Waals surface area contributed by atoms with Crippen molar-refractivity contribution in [2.45, 2.75) is 26.2 Å². The van der Waals surface area contributed by atoms with Crippen LogP contribution in [-0.2, 0) is 5.41 Å². The number of aromatic hydroxyl groups is 1. The van der Waals surface area contributed by atoms with Crippen molar-refractivity contribution < 1.29 is 9.90 Å². The van der Waals surface area contributed by atoms with Crippen LogP contribution < -0.4 is 0 Å². The van der Waals surface area contributed by atoms with E-state index < -0.39 is 0 Å². The second kappa shape index (κ2) is 4.84. The first kappa shape index (κ1) is 13.3. The Bertz CT molecular complexity index is 598. The molecule has 0 radical (unpaired) electrons. The number of ketones is 1. The van der Waals surface area contributed by atoms with Crippen molar-refractivity contribution in [3.05, 3.63) is 59.4 Å². The Kier molecular flexibility index (Phi) is 3.38. The first-order valence-corrected chi connectivity index (χ1v) is 6.18. The largest absolute Gasteiger partial charge is 0.508 e. The van der Waals surface area contributed by atoms with E-state index in [1.165, 1.54) is 0 Å². The monoisotopic (exact) mass is 255 g/mol. The summed E-state index contributed by atoms with van der Waals surface area (Å²) in [5.41, 5.74) is 1.67. The molecule has 0 unspecified atom stereocenters. The zero-order valence-electron chi connectivity index (χ0n) is 11.3. The SMILES string of the molecule is CC(C)(C)c1cc(C(=O)c2cccnc2)ccc1O. The summed E-state index contributed by atoms with van der Waals surface area (Å²) in [6.07, 6.45) is 3.18. The molecule has 0 saturated heterocycles. The molecule has 1 aromatic heterocycles. The van der Waals surface area contributed by atoms with Crippen molar-refractivity contribution in [1.29, 1.82) is 0 Å². The molecular formula is C16H17NO2. The van der Waals surface area contributed by atoms with Gasteiger partial charge in [-0.1, -0.05) is 20.8 Å². The van der Waals surface area contributed by atoms with Crippen LogP contribution in [0.2, 0.25) is 0 Å². The van der Waals surface area contributed by atoms with Crippen LogP contribution in [0, 0.1) is 0 Å². The van der Waals surface area contributed by atoms with E-state index >= 15 is 0 Å². The van der Waals surface area contributed by atoms with Gasteiger partial charge in [0.1, 0.15) is 5.75 Å². The topological polar surface area (TPSA) is 50.2 Å². The Morgan fingerprint density at radius 1 is 1.16 bits per heavy atom. The van der Waals surface area contributed by atoms with Crippen molar-refractivity contribution in [3.8, 4) is 5.75 Å². The number of benzene rings is 1. The second-order valence-electron chi connectivity index (χ2n) is 5.55. The normalized spacial score (nSPS) is 11.3. The minimum atomic E-state index is -0.213. The van der Waals surface area contributed by atoms with Crippen molar-refractivity contribution in [3.63, 3.8) is 0 Å². The van der Waals surface area contributed by atoms with E-state index in [1.54, 1.807) is 42.7 Å². The number of aromatic nitrogens is 1. The minimum absolute atomic E-state index is 0.0846. The molecule has 3 heteroatoms. The van der Waals surface area contributed by atoms with Gasteiger partial charge in [-0.2, -0.15) is 0 Å². The maximum absolute atomic E-state index is 12.3. The highest BCUT2D eigenvalue weighted by molar-refractivity contribution is 6.09. The molecule has 0 atom stereocenters. The van der Waals surface area contributed by atoms with Gasteiger partial charge in [0.25, 0.3) is 0 Å². The van der Waals surface area contributed by atoms with E-state index in [0.29, 0.717) is 11.1 Å². The maximum atomic E-state index is 12.3. The third kappa shape index (κ3) is 2.81. The maximum Gasteiger partial charge on any atom is 0.194 e. The Morgan fingerprint density at radius 2 is 1.89 bits per heavy atom. The van der Waals surface area contributed by atoms with Gasteiger partial charge in [0, 0.05) is 23.5 Å². The summed E-state index contributed by atoms with van der Waals surface area (Å²) in [6, 6.07) is 8.44. The molecule has 0 aliphatic heterocycles. The summed E-state index contributed by atoms with van der Waals surface area (Å²) in [4.78, 5) is 16.3. The summed E-state index contributed by atoms with van der Waals surface area (Å²) < 4.78 is 0. The highest BCUT2D eigenvalue weighted by atomic mass is 16.3. The number of nitrogens with zero attached hydrogens (tertiary/aromatic N) is 1. The summed E-state index contributed by atoms with van der Waals surface area (Å²) in [5, 5.41) is 9.90. The predicted molar refractivity (Wildman–Crippen MR) is 74.5 cm³/mol. The van der Waals surface area contributed by atoms with E-state index in [0.717, 1.165) is 5.56 Å². The van der Waals surface area contributed by atoms with E-state index in [1.807, 2.05) is 20.8 Å². The molecular weight excluding hydrogens is 238 g/mol. The molecule has 98 valence electrons. The summed E-state index contributed by atoms with van der Waals surface area (Å²) in [6.45, 7) is 6.00. The first-order valence-electron chi connectivity index (χ1n) is 6.18. The number of hydrogen-bond donors (Lipinski definition) is 1. The highest BCUT2D eigenvalue weighted by Crippen LogP contribution is 2.31. The summed E-state index contributed by atoms with van der Waals surface area (Å²) >= 11 is 0. The number of rotatable bonds is 2. The number of carbonyl (C=O) groups is 1. The standard InChI is InChI=1S/C16H17NO2/c1-16(2,3)13-9-11(6-7-14(13)18)15(19)12-5-4-8-17-10-12/h4-10,18H,1-3H3. The van der Waals surface area contributed by atoms with E-state index in [-0.39, 0.29) is 16.9 Å². The molecule has 2 rings (SSSR count). The number of carbonyl (C=O) groups excluding carboxylic acids is 1. The molecule has 0 fully saturated rings. The first-order chi connectivity index (χ1) is 8.89. The predicted octanol–water partition coefficient (Wildman–Crippen LogP) is 3.32. The van der Waals surface area contributed by atoms with Crippen LogP contribution in [0.15, 0.2) is 42.7 Å². The molecule has 0 aliphatic rings. The van der Waals surface area contributed by atoms with Gasteiger partial charge >= 0.3 is 0 Å². The fourth-order valence-electron chi connectivity index (χ4n) is 1.94. The van der Waals surface area contributed by atoms with Gasteiger partial charge in [-0.25, -0.2) is 0 Å². The van der Waals surface area contributed by atoms with Gasteiger partial charge in [-0.05, 0) is 41.3 Å². The molecule has 0 spiro atoms. The van der Waals surface area contributed by atoms with Crippen LogP contribution in [0.1, 0.15) is 42.3 Å². The van der Waals surface area contributed by atoms with Crippen LogP contribution in [-0.4, -0.2) is 15.9 Å². The zero-order chi connectivity index (χ0) is 14.0. The molecule has 19 heavy (non-hydrogen) atoms. The average Bonchev–Trinajstić information content (AvgIpc) is 2.38. The van der Waals surface area contributed by atoms with Crippen LogP contribution in [0.5, 0.6) is 5.75 Å². The van der Waals surface area contributed by atoms with Gasteiger partial charge in [0.15, 0.2) is 5.78 Å². The molecule has 1 heterocycles. The number of phenols is 1. The third-order valence-electron chi connectivity index (χ3n) is 2.99. The lowest BCUT2D eigenvalue weighted by molar-refractivity contribution is 0.103. The summed E-state index contributed by atoms with van der Waals surface area (Å²) in [7, 11) is 0. The van der Waals surface area contributed by atoms with Gasteiger partial charge < -0.3 is 5.11 Å². The van der Waals surface area contributed by atoms with Gasteiger partial charge in [-0.15, -0.1) is 0 Å². The number of hydrogen-bond acceptors (Lipinski definition) is 3. The average molecular weight is 255 g/mol. The molecule has 2 aromatic rings. The fraction of sp³-hybridized carbons (Fsp3) is 0.250. The molecule has 3 nitrogen and oxygen atoms in total. The molecule has 0 bridgehead atoms. The quantitative estimate of drug-likeness (QED) is 0.837. The molecule has 0 amide bonds. The zero-order valence-corrected chi connectivity index (χ0v) is 11.3. The summed E-state index contributed by atoms with van der Waals surface area (Å²) in [5.74, 6) is 0.133. The van der Waals surface area contributed by atoms with Gasteiger partial charge in [0.05, 0.1) is 0 Å². The van der Waals surface area contributed by atoms with Crippen LogP contribution in [0.25, 0.3) is 0 Å². The third-order valence-corrected chi connectivity index (χ3v) is 2.99. The fourth-order valence-corrected chi connectivity index (χ4v) is 1.94. The molecule has 0 saturated carbocycles. The van der Waals surface area contributed by atoms with Crippen molar-refractivity contribution in [2.24, 2.45) is 0 Å². The number of pyridine rings is 1. The van der Waals surface area contributed by atoms with E-state index in [9.17, 15) is 9.90 Å². The second-order valence-corrected chi connectivity index (χ2v) is 5.55. The van der Waals surface area contributed by atoms with Gasteiger partial charge in [0.2, 0.25) is 0 Å².